The third kappa shape index (κ3) is 6.33. The molecule has 0 radical (unpaired) electrons. The third-order valence-electron chi connectivity index (χ3n) is 4.91. The first-order valence-corrected chi connectivity index (χ1v) is 11.7. The van der Waals surface area contributed by atoms with Crippen molar-refractivity contribution in [3.8, 4) is 0 Å². The molecule has 1 unspecified atom stereocenters. The Hall–Kier alpha value is -2.32. The molecule has 0 aliphatic heterocycles. The summed E-state index contributed by atoms with van der Waals surface area (Å²) in [5, 5.41) is 6.66. The van der Waals surface area contributed by atoms with Crippen LogP contribution in [0.25, 0.3) is 0 Å². The van der Waals surface area contributed by atoms with Crippen molar-refractivity contribution in [2.45, 2.75) is 38.3 Å². The summed E-state index contributed by atoms with van der Waals surface area (Å²) in [5.74, 6) is 1.60. The maximum Gasteiger partial charge on any atom is 0.191 e. The van der Waals surface area contributed by atoms with E-state index in [1.54, 1.807) is 19.4 Å². The van der Waals surface area contributed by atoms with E-state index in [9.17, 15) is 8.42 Å². The van der Waals surface area contributed by atoms with Crippen LogP contribution in [-0.2, 0) is 16.4 Å². The minimum atomic E-state index is -3.21. The normalized spacial score (nSPS) is 13.5. The molecule has 8 heteroatoms. The van der Waals surface area contributed by atoms with Crippen molar-refractivity contribution >= 4 is 15.8 Å². The molecule has 1 aromatic heterocycles. The molecule has 1 heterocycles. The predicted molar refractivity (Wildman–Crippen MR) is 117 cm³/mol. The number of hydrogen-bond donors (Lipinski definition) is 2. The topological polar surface area (TPSA) is 86.9 Å². The summed E-state index contributed by atoms with van der Waals surface area (Å²) >= 11 is 0. The van der Waals surface area contributed by atoms with Gasteiger partial charge in [-0.1, -0.05) is 26.0 Å². The smallest absolute Gasteiger partial charge is 0.191 e. The van der Waals surface area contributed by atoms with Gasteiger partial charge in [-0.3, -0.25) is 9.89 Å². The molecule has 2 rings (SSSR count). The standard InChI is InChI=1S/C21H32N4O3S/c1-6-25(7-2)18(19-9-8-12-28-19)15-24-21(22-4)23-14-17-10-11-20(16(3)13-17)29(5,26)27/h8-13,18H,6-7,14-15H2,1-5H3,(H2,22,23,24). The van der Waals surface area contributed by atoms with Crippen LogP contribution in [0.3, 0.4) is 0 Å². The Balaban J connectivity index is 2.01. The number of sulfone groups is 1. The first-order valence-electron chi connectivity index (χ1n) is 9.81. The highest BCUT2D eigenvalue weighted by molar-refractivity contribution is 7.90. The minimum Gasteiger partial charge on any atom is -0.468 e. The summed E-state index contributed by atoms with van der Waals surface area (Å²) in [7, 11) is -1.48. The molecule has 0 amide bonds. The first-order chi connectivity index (χ1) is 13.8. The monoisotopic (exact) mass is 420 g/mol. The van der Waals surface area contributed by atoms with E-state index < -0.39 is 9.84 Å². The predicted octanol–water partition coefficient (Wildman–Crippen LogP) is 2.74. The molecular weight excluding hydrogens is 388 g/mol. The molecule has 0 saturated carbocycles. The summed E-state index contributed by atoms with van der Waals surface area (Å²) in [4.78, 5) is 6.99. The number of hydrogen-bond acceptors (Lipinski definition) is 5. The lowest BCUT2D eigenvalue weighted by Crippen LogP contribution is -2.42. The van der Waals surface area contributed by atoms with Crippen LogP contribution in [0.2, 0.25) is 0 Å². The molecule has 1 atom stereocenters. The zero-order chi connectivity index (χ0) is 21.4. The maximum absolute atomic E-state index is 11.8. The van der Waals surface area contributed by atoms with Crippen LogP contribution in [0.4, 0.5) is 0 Å². The van der Waals surface area contributed by atoms with Crippen LogP contribution in [0.5, 0.6) is 0 Å². The molecule has 0 saturated heterocycles. The van der Waals surface area contributed by atoms with Crippen molar-refractivity contribution in [3.63, 3.8) is 0 Å². The maximum atomic E-state index is 11.8. The van der Waals surface area contributed by atoms with Gasteiger partial charge in [0, 0.05) is 26.4 Å². The highest BCUT2D eigenvalue weighted by atomic mass is 32.2. The van der Waals surface area contributed by atoms with Gasteiger partial charge in [-0.05, 0) is 49.3 Å². The number of aryl methyl sites for hydroxylation is 1. The molecule has 0 spiro atoms. The molecule has 1 aromatic carbocycles. The van der Waals surface area contributed by atoms with Crippen LogP contribution < -0.4 is 10.6 Å². The summed E-state index contributed by atoms with van der Waals surface area (Å²) in [6.45, 7) is 9.11. The van der Waals surface area contributed by atoms with E-state index in [0.29, 0.717) is 23.9 Å². The molecule has 2 aromatic rings. The van der Waals surface area contributed by atoms with Gasteiger partial charge in [0.2, 0.25) is 0 Å². The van der Waals surface area contributed by atoms with Crippen molar-refractivity contribution < 1.29 is 12.8 Å². The summed E-state index contributed by atoms with van der Waals surface area (Å²) in [6, 6.07) is 9.37. The number of likely N-dealkylation sites (N-methyl/N-ethyl adjacent to an activating group) is 1. The second-order valence-corrected chi connectivity index (χ2v) is 8.92. The highest BCUT2D eigenvalue weighted by Gasteiger charge is 2.20. The Labute approximate surface area is 174 Å². The second-order valence-electron chi connectivity index (χ2n) is 6.93. The number of guanidine groups is 1. The van der Waals surface area contributed by atoms with Gasteiger partial charge < -0.3 is 15.1 Å². The van der Waals surface area contributed by atoms with Crippen molar-refractivity contribution in [2.75, 3.05) is 32.9 Å². The lowest BCUT2D eigenvalue weighted by Gasteiger charge is -2.28. The van der Waals surface area contributed by atoms with E-state index in [2.05, 4.69) is 34.4 Å². The van der Waals surface area contributed by atoms with E-state index in [1.165, 1.54) is 6.26 Å². The molecule has 0 aliphatic rings. The van der Waals surface area contributed by atoms with Gasteiger partial charge in [0.25, 0.3) is 0 Å². The number of nitrogens with zero attached hydrogens (tertiary/aromatic N) is 2. The van der Waals surface area contributed by atoms with Crippen LogP contribution in [-0.4, -0.2) is 52.2 Å². The fraction of sp³-hybridized carbons (Fsp3) is 0.476. The minimum absolute atomic E-state index is 0.106. The molecule has 0 bridgehead atoms. The number of rotatable bonds is 9. The van der Waals surface area contributed by atoms with Gasteiger partial charge in [-0.15, -0.1) is 0 Å². The lowest BCUT2D eigenvalue weighted by molar-refractivity contribution is 0.193. The Morgan fingerprint density at radius 2 is 1.93 bits per heavy atom. The van der Waals surface area contributed by atoms with E-state index in [-0.39, 0.29) is 6.04 Å². The Kier molecular flexibility index (Phi) is 8.28. The summed E-state index contributed by atoms with van der Waals surface area (Å²) in [6.07, 6.45) is 2.92. The number of benzene rings is 1. The summed E-state index contributed by atoms with van der Waals surface area (Å²) < 4.78 is 29.2. The molecular formula is C21H32N4O3S. The van der Waals surface area contributed by atoms with Crippen molar-refractivity contribution in [1.29, 1.82) is 0 Å². The summed E-state index contributed by atoms with van der Waals surface area (Å²) in [5.41, 5.74) is 1.73. The van der Waals surface area contributed by atoms with Crippen LogP contribution >= 0.6 is 0 Å². The van der Waals surface area contributed by atoms with E-state index in [1.807, 2.05) is 31.2 Å². The highest BCUT2D eigenvalue weighted by Crippen LogP contribution is 2.20. The van der Waals surface area contributed by atoms with E-state index >= 15 is 0 Å². The first kappa shape index (κ1) is 23.0. The molecule has 7 nitrogen and oxygen atoms in total. The number of aliphatic imine (C=N–C) groups is 1. The Morgan fingerprint density at radius 3 is 2.45 bits per heavy atom. The molecule has 0 fully saturated rings. The largest absolute Gasteiger partial charge is 0.468 e. The molecule has 29 heavy (non-hydrogen) atoms. The fourth-order valence-electron chi connectivity index (χ4n) is 3.39. The average molecular weight is 421 g/mol. The van der Waals surface area contributed by atoms with Crippen molar-refractivity contribution in [3.05, 3.63) is 53.5 Å². The lowest BCUT2D eigenvalue weighted by atomic mass is 10.1. The number of nitrogens with one attached hydrogen (secondary N) is 2. The third-order valence-corrected chi connectivity index (χ3v) is 6.17. The quantitative estimate of drug-likeness (QED) is 0.479. The Morgan fingerprint density at radius 1 is 1.21 bits per heavy atom. The van der Waals surface area contributed by atoms with Crippen LogP contribution in [0.1, 0.15) is 36.8 Å². The molecule has 0 aliphatic carbocycles. The van der Waals surface area contributed by atoms with Crippen molar-refractivity contribution in [1.82, 2.24) is 15.5 Å². The van der Waals surface area contributed by atoms with Gasteiger partial charge in [-0.25, -0.2) is 8.42 Å². The van der Waals surface area contributed by atoms with Gasteiger partial charge >= 0.3 is 0 Å². The van der Waals surface area contributed by atoms with Crippen molar-refractivity contribution in [2.24, 2.45) is 4.99 Å². The van der Waals surface area contributed by atoms with Gasteiger partial charge in [0.05, 0.1) is 17.2 Å². The molecule has 160 valence electrons. The Bertz CT molecular complexity index is 904. The SMILES string of the molecule is CCN(CC)C(CNC(=NC)NCc1ccc(S(C)(=O)=O)c(C)c1)c1ccco1. The number of furan rings is 1. The molecule has 2 N–H and O–H groups in total. The van der Waals surface area contributed by atoms with Crippen LogP contribution in [0, 0.1) is 6.92 Å². The zero-order valence-electron chi connectivity index (χ0n) is 17.9. The second kappa shape index (κ2) is 10.5. The fourth-order valence-corrected chi connectivity index (χ4v) is 4.35. The van der Waals surface area contributed by atoms with E-state index in [4.69, 9.17) is 4.42 Å². The van der Waals surface area contributed by atoms with Gasteiger partial charge in [0.15, 0.2) is 15.8 Å². The zero-order valence-corrected chi connectivity index (χ0v) is 18.7. The van der Waals surface area contributed by atoms with Gasteiger partial charge in [-0.2, -0.15) is 0 Å². The van der Waals surface area contributed by atoms with Gasteiger partial charge in [0.1, 0.15) is 5.76 Å². The average Bonchev–Trinajstić information content (AvgIpc) is 3.20. The van der Waals surface area contributed by atoms with Crippen LogP contribution in [0.15, 0.2) is 50.9 Å². The van der Waals surface area contributed by atoms with E-state index in [0.717, 1.165) is 30.0 Å².